The van der Waals surface area contributed by atoms with Crippen molar-refractivity contribution in [2.24, 2.45) is 0 Å². The highest BCUT2D eigenvalue weighted by Gasteiger charge is 2.63. The van der Waals surface area contributed by atoms with Gasteiger partial charge in [-0.15, -0.1) is 0 Å². The second-order valence-electron chi connectivity index (χ2n) is 8.41. The first-order valence-electron chi connectivity index (χ1n) is 11.3. The van der Waals surface area contributed by atoms with Crippen molar-refractivity contribution in [3.05, 3.63) is 95.3 Å². The fraction of sp³-hybridized carbons (Fsp3) is 0.185. The number of ether oxygens (including phenoxy) is 2. The van der Waals surface area contributed by atoms with Crippen molar-refractivity contribution in [1.29, 1.82) is 0 Å². The molecule has 5 rings (SSSR count). The number of nitrogen functional groups attached to an aromatic ring is 1. The number of carbonyl (C=O) groups is 3. The average molecular weight is 485 g/mol. The lowest BCUT2D eigenvalue weighted by Gasteiger charge is -2.26. The highest BCUT2D eigenvalue weighted by molar-refractivity contribution is 6.14. The van der Waals surface area contributed by atoms with E-state index in [-0.39, 0.29) is 36.2 Å². The molecule has 36 heavy (non-hydrogen) atoms. The van der Waals surface area contributed by atoms with E-state index in [4.69, 9.17) is 19.6 Å². The second-order valence-corrected chi connectivity index (χ2v) is 8.41. The van der Waals surface area contributed by atoms with Gasteiger partial charge in [0.05, 0.1) is 5.57 Å². The zero-order valence-electron chi connectivity index (χ0n) is 19.5. The molecule has 1 aliphatic heterocycles. The lowest BCUT2D eigenvalue weighted by atomic mass is 9.74. The van der Waals surface area contributed by atoms with Gasteiger partial charge in [0.15, 0.2) is 11.2 Å². The normalized spacial score (nSPS) is 17.8. The SMILES string of the molecule is C=CCOC(=O)C1=C(C)N(CC(=O)OCc2ccccc2)C(=O)C12c1ccccc1-c1oc(N)nc12. The molecule has 9 nitrogen and oxygen atoms in total. The number of nitrogens with zero attached hydrogens (tertiary/aromatic N) is 2. The van der Waals surface area contributed by atoms with Crippen LogP contribution in [0, 0.1) is 0 Å². The van der Waals surface area contributed by atoms with Gasteiger partial charge in [-0.3, -0.25) is 9.59 Å². The Morgan fingerprint density at radius 1 is 1.14 bits per heavy atom. The molecule has 0 fully saturated rings. The first-order chi connectivity index (χ1) is 17.4. The van der Waals surface area contributed by atoms with Crippen LogP contribution in [0.5, 0.6) is 0 Å². The van der Waals surface area contributed by atoms with Gasteiger partial charge in [-0.2, -0.15) is 4.98 Å². The number of allylic oxidation sites excluding steroid dienone is 1. The number of fused-ring (bicyclic) bond motifs is 5. The number of esters is 2. The molecule has 1 unspecified atom stereocenters. The predicted octanol–water partition coefficient (Wildman–Crippen LogP) is 3.11. The molecule has 1 amide bonds. The molecule has 2 aliphatic rings. The molecule has 2 N–H and O–H groups in total. The molecule has 3 aromatic rings. The van der Waals surface area contributed by atoms with E-state index < -0.39 is 29.8 Å². The molecule has 2 aromatic carbocycles. The summed E-state index contributed by atoms with van der Waals surface area (Å²) in [5, 5.41) is 0. The van der Waals surface area contributed by atoms with Gasteiger partial charge in [0.1, 0.15) is 25.5 Å². The topological polar surface area (TPSA) is 125 Å². The van der Waals surface area contributed by atoms with Gasteiger partial charge in [-0.1, -0.05) is 67.3 Å². The molecular weight excluding hydrogens is 462 g/mol. The first kappa shape index (κ1) is 23.1. The van der Waals surface area contributed by atoms with E-state index in [0.717, 1.165) is 5.56 Å². The van der Waals surface area contributed by atoms with Crippen LogP contribution in [0.25, 0.3) is 11.3 Å². The van der Waals surface area contributed by atoms with Crippen molar-refractivity contribution < 1.29 is 28.3 Å². The lowest BCUT2D eigenvalue weighted by Crippen LogP contribution is -2.43. The molecule has 1 aromatic heterocycles. The summed E-state index contributed by atoms with van der Waals surface area (Å²) in [6, 6.07) is 16.1. The summed E-state index contributed by atoms with van der Waals surface area (Å²) in [5.74, 6) is -1.60. The number of oxazole rings is 1. The third kappa shape index (κ3) is 3.39. The van der Waals surface area contributed by atoms with E-state index in [2.05, 4.69) is 11.6 Å². The summed E-state index contributed by atoms with van der Waals surface area (Å²) >= 11 is 0. The predicted molar refractivity (Wildman–Crippen MR) is 129 cm³/mol. The number of hydrogen-bond donors (Lipinski definition) is 1. The molecule has 1 spiro atoms. The fourth-order valence-electron chi connectivity index (χ4n) is 4.86. The van der Waals surface area contributed by atoms with Gasteiger partial charge in [0, 0.05) is 11.3 Å². The van der Waals surface area contributed by atoms with Crippen LogP contribution < -0.4 is 5.73 Å². The van der Waals surface area contributed by atoms with Gasteiger partial charge in [-0.25, -0.2) is 4.79 Å². The number of aromatic nitrogens is 1. The van der Waals surface area contributed by atoms with E-state index in [1.54, 1.807) is 31.2 Å². The molecule has 2 heterocycles. The van der Waals surface area contributed by atoms with Crippen molar-refractivity contribution in [2.45, 2.75) is 18.9 Å². The molecule has 1 atom stereocenters. The number of nitrogens with two attached hydrogens (primary N) is 1. The molecule has 182 valence electrons. The maximum Gasteiger partial charge on any atom is 0.337 e. The standard InChI is InChI=1S/C27H23N3O6/c1-3-13-34-24(32)21-16(2)30(14-20(31)35-15-17-9-5-4-6-10-17)25(33)27(21)19-12-8-7-11-18(19)22-23(27)29-26(28)36-22/h3-12H,1,13-15H2,2H3,(H2,28,29). The van der Waals surface area contributed by atoms with Crippen LogP contribution in [-0.2, 0) is 35.9 Å². The summed E-state index contributed by atoms with van der Waals surface area (Å²) in [4.78, 5) is 45.9. The number of anilines is 1. The monoisotopic (exact) mass is 485 g/mol. The Labute approximate surface area is 206 Å². The van der Waals surface area contributed by atoms with Crippen LogP contribution in [-0.4, -0.2) is 40.9 Å². The van der Waals surface area contributed by atoms with Crippen LogP contribution in [0.4, 0.5) is 6.01 Å². The zero-order chi connectivity index (χ0) is 25.4. The Morgan fingerprint density at radius 3 is 2.61 bits per heavy atom. The number of benzene rings is 2. The summed E-state index contributed by atoms with van der Waals surface area (Å²) in [6.45, 7) is 4.76. The van der Waals surface area contributed by atoms with Crippen molar-refractivity contribution in [1.82, 2.24) is 9.88 Å². The minimum atomic E-state index is -1.67. The summed E-state index contributed by atoms with van der Waals surface area (Å²) < 4.78 is 16.4. The molecule has 0 radical (unpaired) electrons. The molecule has 0 bridgehead atoms. The molecule has 1 aliphatic carbocycles. The van der Waals surface area contributed by atoms with E-state index in [0.29, 0.717) is 16.9 Å². The minimum absolute atomic E-state index is 0.0460. The summed E-state index contributed by atoms with van der Waals surface area (Å²) in [5.41, 5.74) is 6.59. The van der Waals surface area contributed by atoms with E-state index >= 15 is 0 Å². The third-order valence-electron chi connectivity index (χ3n) is 6.35. The molecule has 0 saturated carbocycles. The van der Waals surface area contributed by atoms with E-state index in [1.807, 2.05) is 30.3 Å². The van der Waals surface area contributed by atoms with E-state index in [9.17, 15) is 14.4 Å². The molecule has 9 heteroatoms. The Kier molecular flexibility index (Phi) is 5.68. The van der Waals surface area contributed by atoms with Gasteiger partial charge < -0.3 is 24.5 Å². The van der Waals surface area contributed by atoms with Crippen LogP contribution >= 0.6 is 0 Å². The van der Waals surface area contributed by atoms with Crippen molar-refractivity contribution >= 4 is 23.9 Å². The maximum atomic E-state index is 14.2. The first-order valence-corrected chi connectivity index (χ1v) is 11.3. The van der Waals surface area contributed by atoms with Crippen LogP contribution in [0.1, 0.15) is 23.7 Å². The maximum absolute atomic E-state index is 14.2. The molecule has 0 saturated heterocycles. The largest absolute Gasteiger partial charge is 0.459 e. The van der Waals surface area contributed by atoms with Gasteiger partial charge in [-0.05, 0) is 18.1 Å². The van der Waals surface area contributed by atoms with Crippen LogP contribution in [0.2, 0.25) is 0 Å². The Hall–Kier alpha value is -4.66. The van der Waals surface area contributed by atoms with Crippen molar-refractivity contribution in [3.63, 3.8) is 0 Å². The summed E-state index contributed by atoms with van der Waals surface area (Å²) in [7, 11) is 0. The van der Waals surface area contributed by atoms with Gasteiger partial charge in [0.25, 0.3) is 6.01 Å². The van der Waals surface area contributed by atoms with Crippen LogP contribution in [0.3, 0.4) is 0 Å². The average Bonchev–Trinajstić information content (AvgIpc) is 3.46. The minimum Gasteiger partial charge on any atom is -0.459 e. The molecular formula is C27H23N3O6. The number of carbonyl (C=O) groups excluding carboxylic acids is 3. The summed E-state index contributed by atoms with van der Waals surface area (Å²) in [6.07, 6.45) is 1.43. The highest BCUT2D eigenvalue weighted by Crippen LogP contribution is 2.57. The third-order valence-corrected chi connectivity index (χ3v) is 6.35. The number of amides is 1. The lowest BCUT2D eigenvalue weighted by molar-refractivity contribution is -0.149. The van der Waals surface area contributed by atoms with Gasteiger partial charge >= 0.3 is 11.9 Å². The Balaban J connectivity index is 1.57. The second kappa shape index (κ2) is 8.84. The van der Waals surface area contributed by atoms with Crippen molar-refractivity contribution in [3.8, 4) is 11.3 Å². The van der Waals surface area contributed by atoms with E-state index in [1.165, 1.54) is 11.0 Å². The quantitative estimate of drug-likeness (QED) is 0.400. The number of rotatable bonds is 7. The van der Waals surface area contributed by atoms with Crippen LogP contribution in [0.15, 0.2) is 82.9 Å². The highest BCUT2D eigenvalue weighted by atomic mass is 16.5. The van der Waals surface area contributed by atoms with Gasteiger partial charge in [0.2, 0.25) is 5.91 Å². The zero-order valence-corrected chi connectivity index (χ0v) is 19.5. The Morgan fingerprint density at radius 2 is 1.86 bits per heavy atom. The number of hydrogen-bond acceptors (Lipinski definition) is 8. The fourth-order valence-corrected chi connectivity index (χ4v) is 4.86. The smallest absolute Gasteiger partial charge is 0.337 e. The Bertz CT molecular complexity index is 1420. The van der Waals surface area contributed by atoms with Crippen molar-refractivity contribution in [2.75, 3.05) is 18.9 Å².